The van der Waals surface area contributed by atoms with E-state index in [1.807, 2.05) is 30.3 Å². The molecule has 3 N–H and O–H groups in total. The van der Waals surface area contributed by atoms with E-state index in [9.17, 15) is 5.11 Å². The SMILES string of the molecule is NCC1(C(O)COCc2ccccc2)CCCCC1. The second-order valence-electron chi connectivity index (χ2n) is 5.64. The molecule has 1 atom stereocenters. The first-order valence-corrected chi connectivity index (χ1v) is 7.27. The van der Waals surface area contributed by atoms with Crippen LogP contribution in [0.5, 0.6) is 0 Å². The average Bonchev–Trinajstić information content (AvgIpc) is 2.49. The average molecular weight is 263 g/mol. The Balaban J connectivity index is 1.81. The van der Waals surface area contributed by atoms with Crippen LogP contribution in [0.4, 0.5) is 0 Å². The van der Waals surface area contributed by atoms with Crippen molar-refractivity contribution in [2.75, 3.05) is 13.2 Å². The first-order valence-electron chi connectivity index (χ1n) is 7.27. The fraction of sp³-hybridized carbons (Fsp3) is 0.625. The Kier molecular flexibility index (Phi) is 5.37. The van der Waals surface area contributed by atoms with Gasteiger partial charge in [0.05, 0.1) is 19.3 Å². The van der Waals surface area contributed by atoms with Gasteiger partial charge in [0.15, 0.2) is 0 Å². The van der Waals surface area contributed by atoms with Crippen molar-refractivity contribution in [1.82, 2.24) is 0 Å². The minimum Gasteiger partial charge on any atom is -0.390 e. The zero-order valence-corrected chi connectivity index (χ0v) is 11.6. The van der Waals surface area contributed by atoms with Gasteiger partial charge in [-0.05, 0) is 18.4 Å². The van der Waals surface area contributed by atoms with Crippen LogP contribution in [-0.4, -0.2) is 24.4 Å². The van der Waals surface area contributed by atoms with Gasteiger partial charge in [-0.3, -0.25) is 0 Å². The molecule has 0 aromatic heterocycles. The van der Waals surface area contributed by atoms with Crippen LogP contribution in [0.1, 0.15) is 37.7 Å². The van der Waals surface area contributed by atoms with E-state index >= 15 is 0 Å². The number of nitrogens with two attached hydrogens (primary N) is 1. The molecule has 19 heavy (non-hydrogen) atoms. The van der Waals surface area contributed by atoms with Gasteiger partial charge in [-0.1, -0.05) is 49.6 Å². The monoisotopic (exact) mass is 263 g/mol. The van der Waals surface area contributed by atoms with Crippen LogP contribution >= 0.6 is 0 Å². The molecule has 1 fully saturated rings. The molecular weight excluding hydrogens is 238 g/mol. The largest absolute Gasteiger partial charge is 0.390 e. The second-order valence-corrected chi connectivity index (χ2v) is 5.64. The Morgan fingerprint density at radius 2 is 1.84 bits per heavy atom. The molecular formula is C16H25NO2. The number of hydrogen-bond acceptors (Lipinski definition) is 3. The number of rotatable bonds is 6. The van der Waals surface area contributed by atoms with E-state index in [-0.39, 0.29) is 5.41 Å². The van der Waals surface area contributed by atoms with Crippen molar-refractivity contribution < 1.29 is 9.84 Å². The van der Waals surface area contributed by atoms with Crippen molar-refractivity contribution >= 4 is 0 Å². The summed E-state index contributed by atoms with van der Waals surface area (Å²) in [5.41, 5.74) is 6.93. The summed E-state index contributed by atoms with van der Waals surface area (Å²) in [7, 11) is 0. The summed E-state index contributed by atoms with van der Waals surface area (Å²) in [6.07, 6.45) is 5.22. The topological polar surface area (TPSA) is 55.5 Å². The summed E-state index contributed by atoms with van der Waals surface area (Å²) in [6.45, 7) is 1.49. The van der Waals surface area contributed by atoms with E-state index in [1.165, 1.54) is 19.3 Å². The van der Waals surface area contributed by atoms with Gasteiger partial charge in [0.25, 0.3) is 0 Å². The van der Waals surface area contributed by atoms with E-state index in [2.05, 4.69) is 0 Å². The molecule has 0 saturated heterocycles. The summed E-state index contributed by atoms with van der Waals surface area (Å²) in [5, 5.41) is 10.4. The van der Waals surface area contributed by atoms with E-state index in [0.29, 0.717) is 19.8 Å². The summed E-state index contributed by atoms with van der Waals surface area (Å²) in [6, 6.07) is 10.1. The Labute approximate surface area is 115 Å². The number of aliphatic hydroxyl groups excluding tert-OH is 1. The lowest BCUT2D eigenvalue weighted by atomic mass is 9.70. The lowest BCUT2D eigenvalue weighted by Gasteiger charge is -2.40. The van der Waals surface area contributed by atoms with E-state index in [0.717, 1.165) is 18.4 Å². The number of ether oxygens (including phenoxy) is 1. The lowest BCUT2D eigenvalue weighted by molar-refractivity contribution is -0.0585. The molecule has 0 radical (unpaired) electrons. The van der Waals surface area contributed by atoms with Crippen LogP contribution in [0.15, 0.2) is 30.3 Å². The van der Waals surface area contributed by atoms with Crippen LogP contribution in [0.25, 0.3) is 0 Å². The van der Waals surface area contributed by atoms with Gasteiger partial charge in [0.2, 0.25) is 0 Å². The van der Waals surface area contributed by atoms with Crippen molar-refractivity contribution in [2.24, 2.45) is 11.1 Å². The molecule has 3 heteroatoms. The molecule has 1 aromatic carbocycles. The van der Waals surface area contributed by atoms with Crippen LogP contribution in [0, 0.1) is 5.41 Å². The molecule has 1 saturated carbocycles. The fourth-order valence-corrected chi connectivity index (χ4v) is 2.97. The third-order valence-corrected chi connectivity index (χ3v) is 4.35. The number of aliphatic hydroxyl groups is 1. The minimum atomic E-state index is -0.443. The molecule has 3 nitrogen and oxygen atoms in total. The van der Waals surface area contributed by atoms with Gasteiger partial charge in [-0.15, -0.1) is 0 Å². The van der Waals surface area contributed by atoms with Crippen LogP contribution in [0.2, 0.25) is 0 Å². The summed E-state index contributed by atoms with van der Waals surface area (Å²) in [5.74, 6) is 0. The Hall–Kier alpha value is -0.900. The second kappa shape index (κ2) is 7.04. The third-order valence-electron chi connectivity index (χ3n) is 4.35. The van der Waals surface area contributed by atoms with Crippen molar-refractivity contribution in [3.8, 4) is 0 Å². The Morgan fingerprint density at radius 1 is 1.16 bits per heavy atom. The standard InChI is InChI=1S/C16H25NO2/c17-13-16(9-5-2-6-10-16)15(18)12-19-11-14-7-3-1-4-8-14/h1,3-4,7-8,15,18H,2,5-6,9-13,17H2. The number of benzene rings is 1. The first kappa shape index (κ1) is 14.5. The molecule has 1 aliphatic carbocycles. The summed E-state index contributed by atoms with van der Waals surface area (Å²) in [4.78, 5) is 0. The van der Waals surface area contributed by atoms with Crippen molar-refractivity contribution in [3.05, 3.63) is 35.9 Å². The Morgan fingerprint density at radius 3 is 2.47 bits per heavy atom. The van der Waals surface area contributed by atoms with Gasteiger partial charge in [0, 0.05) is 12.0 Å². The maximum atomic E-state index is 10.4. The predicted molar refractivity (Wildman–Crippen MR) is 76.7 cm³/mol. The van der Waals surface area contributed by atoms with Crippen molar-refractivity contribution in [3.63, 3.8) is 0 Å². The highest BCUT2D eigenvalue weighted by atomic mass is 16.5. The third kappa shape index (κ3) is 3.78. The Bertz CT molecular complexity index is 360. The summed E-state index contributed by atoms with van der Waals surface area (Å²) >= 11 is 0. The van der Waals surface area contributed by atoms with Gasteiger partial charge >= 0.3 is 0 Å². The van der Waals surface area contributed by atoms with Crippen molar-refractivity contribution in [1.29, 1.82) is 0 Å². The smallest absolute Gasteiger partial charge is 0.0841 e. The predicted octanol–water partition coefficient (Wildman–Crippen LogP) is 2.47. The maximum absolute atomic E-state index is 10.4. The highest BCUT2D eigenvalue weighted by Crippen LogP contribution is 2.38. The van der Waals surface area contributed by atoms with Gasteiger partial charge < -0.3 is 15.6 Å². The zero-order chi connectivity index (χ0) is 13.6. The molecule has 1 unspecified atom stereocenters. The first-order chi connectivity index (χ1) is 9.27. The minimum absolute atomic E-state index is 0.116. The molecule has 0 bridgehead atoms. The zero-order valence-electron chi connectivity index (χ0n) is 11.6. The normalized spacial score (nSPS) is 20.1. The van der Waals surface area contributed by atoms with Gasteiger partial charge in [-0.2, -0.15) is 0 Å². The van der Waals surface area contributed by atoms with Gasteiger partial charge in [-0.25, -0.2) is 0 Å². The highest BCUT2D eigenvalue weighted by molar-refractivity contribution is 5.13. The van der Waals surface area contributed by atoms with E-state index in [1.54, 1.807) is 0 Å². The molecule has 0 heterocycles. The molecule has 2 rings (SSSR count). The molecule has 0 spiro atoms. The van der Waals surface area contributed by atoms with Crippen LogP contribution in [0.3, 0.4) is 0 Å². The maximum Gasteiger partial charge on any atom is 0.0841 e. The lowest BCUT2D eigenvalue weighted by Crippen LogP contribution is -2.45. The van der Waals surface area contributed by atoms with Gasteiger partial charge in [0.1, 0.15) is 0 Å². The number of hydrogen-bond donors (Lipinski definition) is 2. The highest BCUT2D eigenvalue weighted by Gasteiger charge is 2.37. The quantitative estimate of drug-likeness (QED) is 0.829. The molecule has 106 valence electrons. The van der Waals surface area contributed by atoms with E-state index < -0.39 is 6.10 Å². The molecule has 0 aliphatic heterocycles. The van der Waals surface area contributed by atoms with Crippen molar-refractivity contribution in [2.45, 2.75) is 44.8 Å². The van der Waals surface area contributed by atoms with Crippen LogP contribution in [-0.2, 0) is 11.3 Å². The molecule has 1 aromatic rings. The fourth-order valence-electron chi connectivity index (χ4n) is 2.97. The van der Waals surface area contributed by atoms with Crippen LogP contribution < -0.4 is 5.73 Å². The molecule has 0 amide bonds. The van der Waals surface area contributed by atoms with E-state index in [4.69, 9.17) is 10.5 Å². The summed E-state index contributed by atoms with van der Waals surface area (Å²) < 4.78 is 5.66. The molecule has 1 aliphatic rings.